The van der Waals surface area contributed by atoms with Crippen LogP contribution in [0.3, 0.4) is 0 Å². The predicted molar refractivity (Wildman–Crippen MR) is 80.0 cm³/mol. The van der Waals surface area contributed by atoms with E-state index in [1.54, 1.807) is 0 Å². The quantitative estimate of drug-likeness (QED) is 0.739. The molecule has 1 N–H and O–H groups in total. The number of fused-ring (bicyclic) bond motifs is 2. The van der Waals surface area contributed by atoms with E-state index in [1.165, 1.54) is 0 Å². The summed E-state index contributed by atoms with van der Waals surface area (Å²) in [6.07, 6.45) is 1.86. The van der Waals surface area contributed by atoms with Gasteiger partial charge in [-0.2, -0.15) is 0 Å². The van der Waals surface area contributed by atoms with Crippen LogP contribution in [0, 0.1) is 10.8 Å². The van der Waals surface area contributed by atoms with Crippen LogP contribution in [-0.4, -0.2) is 5.11 Å². The van der Waals surface area contributed by atoms with Crippen molar-refractivity contribution in [2.75, 3.05) is 0 Å². The molecule has 0 atom stereocenters. The highest BCUT2D eigenvalue weighted by atomic mass is 79.9. The highest BCUT2D eigenvalue weighted by Gasteiger charge is 2.35. The van der Waals surface area contributed by atoms with Crippen molar-refractivity contribution in [3.8, 4) is 10.8 Å². The third-order valence-corrected chi connectivity index (χ3v) is 3.90. The molecule has 0 saturated heterocycles. The molecule has 0 radical (unpaired) electrons. The van der Waals surface area contributed by atoms with Crippen LogP contribution >= 0.6 is 15.9 Å². The van der Waals surface area contributed by atoms with Crippen LogP contribution in [0.15, 0.2) is 48.5 Å². The normalized spacial score (nSPS) is 15.5. The van der Waals surface area contributed by atoms with Crippen LogP contribution in [0.4, 0.5) is 0 Å². The van der Waals surface area contributed by atoms with Crippen molar-refractivity contribution < 1.29 is 5.11 Å². The first-order valence-corrected chi connectivity index (χ1v) is 7.07. The number of aryl methyl sites for hydroxylation is 2. The van der Waals surface area contributed by atoms with Crippen LogP contribution in [0.1, 0.15) is 22.3 Å². The van der Waals surface area contributed by atoms with Gasteiger partial charge < -0.3 is 5.11 Å². The summed E-state index contributed by atoms with van der Waals surface area (Å²) in [5, 5.41) is 11.2. The minimum Gasteiger partial charge on any atom is -0.369 e. The summed E-state index contributed by atoms with van der Waals surface area (Å²) >= 11 is 3.13. The SMILES string of the molecule is OC1(C#CBr)c2ccccc2CCc2ccccc21. The fourth-order valence-electron chi connectivity index (χ4n) is 2.80. The lowest BCUT2D eigenvalue weighted by Gasteiger charge is -2.25. The predicted octanol–water partition coefficient (Wildman–Crippen LogP) is 3.38. The van der Waals surface area contributed by atoms with E-state index >= 15 is 0 Å². The Balaban J connectivity index is 2.34. The Bertz CT molecular complexity index is 631. The minimum atomic E-state index is -1.23. The smallest absolute Gasteiger partial charge is 0.178 e. The maximum atomic E-state index is 11.2. The second-order valence-electron chi connectivity index (χ2n) is 4.74. The number of benzene rings is 2. The summed E-state index contributed by atoms with van der Waals surface area (Å²) in [4.78, 5) is 2.70. The van der Waals surface area contributed by atoms with E-state index < -0.39 is 5.60 Å². The zero-order chi connectivity index (χ0) is 13.3. The van der Waals surface area contributed by atoms with Crippen LogP contribution in [0.2, 0.25) is 0 Å². The second-order valence-corrected chi connectivity index (χ2v) is 5.14. The van der Waals surface area contributed by atoms with Crippen molar-refractivity contribution in [2.45, 2.75) is 18.4 Å². The number of halogens is 1. The second kappa shape index (κ2) is 4.85. The number of rotatable bonds is 0. The van der Waals surface area contributed by atoms with Crippen molar-refractivity contribution in [3.63, 3.8) is 0 Å². The van der Waals surface area contributed by atoms with Gasteiger partial charge in [0, 0.05) is 27.1 Å². The Labute approximate surface area is 121 Å². The fourth-order valence-corrected chi connectivity index (χ4v) is 3.09. The van der Waals surface area contributed by atoms with E-state index in [0.29, 0.717) is 0 Å². The molecule has 0 saturated carbocycles. The Morgan fingerprint density at radius 3 is 1.84 bits per heavy atom. The zero-order valence-electron chi connectivity index (χ0n) is 10.4. The van der Waals surface area contributed by atoms with Gasteiger partial charge in [0.05, 0.1) is 0 Å². The van der Waals surface area contributed by atoms with Gasteiger partial charge in [-0.1, -0.05) is 48.5 Å². The van der Waals surface area contributed by atoms with Gasteiger partial charge in [-0.05, 0) is 34.7 Å². The Kier molecular flexibility index (Phi) is 3.18. The van der Waals surface area contributed by atoms with E-state index in [1.807, 2.05) is 36.4 Å². The van der Waals surface area contributed by atoms with Crippen molar-refractivity contribution in [1.29, 1.82) is 0 Å². The van der Waals surface area contributed by atoms with Crippen molar-refractivity contribution in [3.05, 3.63) is 70.8 Å². The first-order chi connectivity index (χ1) is 9.25. The molecule has 3 rings (SSSR count). The van der Waals surface area contributed by atoms with E-state index in [-0.39, 0.29) is 0 Å². The van der Waals surface area contributed by atoms with Crippen molar-refractivity contribution >= 4 is 15.9 Å². The summed E-state index contributed by atoms with van der Waals surface area (Å²) in [5.41, 5.74) is 2.89. The fraction of sp³-hybridized carbons (Fsp3) is 0.176. The van der Waals surface area contributed by atoms with Gasteiger partial charge in [0.25, 0.3) is 0 Å². The van der Waals surface area contributed by atoms with Crippen molar-refractivity contribution in [1.82, 2.24) is 0 Å². The lowest BCUT2D eigenvalue weighted by atomic mass is 9.84. The Morgan fingerprint density at radius 1 is 0.895 bits per heavy atom. The van der Waals surface area contributed by atoms with Gasteiger partial charge in [0.15, 0.2) is 5.60 Å². The van der Waals surface area contributed by atoms with E-state index in [0.717, 1.165) is 35.1 Å². The molecule has 0 aromatic heterocycles. The molecule has 1 aliphatic rings. The molecule has 2 aromatic rings. The number of hydrogen-bond donors (Lipinski definition) is 1. The lowest BCUT2D eigenvalue weighted by molar-refractivity contribution is 0.144. The van der Waals surface area contributed by atoms with Crippen LogP contribution in [-0.2, 0) is 18.4 Å². The highest BCUT2D eigenvalue weighted by Crippen LogP contribution is 2.37. The molecule has 0 spiro atoms. The number of hydrogen-bond acceptors (Lipinski definition) is 1. The molecule has 0 aliphatic heterocycles. The van der Waals surface area contributed by atoms with Crippen molar-refractivity contribution in [2.24, 2.45) is 0 Å². The van der Waals surface area contributed by atoms with Gasteiger partial charge in [-0.15, -0.1) is 0 Å². The third-order valence-electron chi connectivity index (χ3n) is 3.71. The first kappa shape index (κ1) is 12.5. The summed E-state index contributed by atoms with van der Waals surface area (Å²) in [6, 6.07) is 16.0. The third kappa shape index (κ3) is 2.00. The molecular formula is C17H13BrO. The molecule has 0 amide bonds. The monoisotopic (exact) mass is 312 g/mol. The van der Waals surface area contributed by atoms with Gasteiger partial charge in [-0.3, -0.25) is 0 Å². The highest BCUT2D eigenvalue weighted by molar-refractivity contribution is 9.12. The molecule has 2 heteroatoms. The van der Waals surface area contributed by atoms with Crippen LogP contribution in [0.5, 0.6) is 0 Å². The maximum absolute atomic E-state index is 11.2. The van der Waals surface area contributed by atoms with Crippen LogP contribution in [0.25, 0.3) is 0 Å². The molecule has 0 fully saturated rings. The molecule has 0 bridgehead atoms. The summed E-state index contributed by atoms with van der Waals surface area (Å²) < 4.78 is 0. The first-order valence-electron chi connectivity index (χ1n) is 6.27. The average molecular weight is 313 g/mol. The molecule has 1 nitrogen and oxygen atoms in total. The molecule has 94 valence electrons. The van der Waals surface area contributed by atoms with E-state index in [4.69, 9.17) is 0 Å². The molecule has 1 aliphatic carbocycles. The molecule has 19 heavy (non-hydrogen) atoms. The van der Waals surface area contributed by atoms with Gasteiger partial charge >= 0.3 is 0 Å². The molecule has 0 unspecified atom stereocenters. The van der Waals surface area contributed by atoms with E-state index in [9.17, 15) is 5.11 Å². The molecular weight excluding hydrogens is 300 g/mol. The summed E-state index contributed by atoms with van der Waals surface area (Å²) in [6.45, 7) is 0. The zero-order valence-corrected chi connectivity index (χ0v) is 11.9. The maximum Gasteiger partial charge on any atom is 0.178 e. The van der Waals surface area contributed by atoms with Crippen LogP contribution < -0.4 is 0 Å². The topological polar surface area (TPSA) is 20.2 Å². The van der Waals surface area contributed by atoms with Gasteiger partial charge in [-0.25, -0.2) is 0 Å². The van der Waals surface area contributed by atoms with Gasteiger partial charge in [0.2, 0.25) is 0 Å². The Hall–Kier alpha value is -1.56. The summed E-state index contributed by atoms with van der Waals surface area (Å²) in [5.74, 6) is 2.94. The standard InChI is InChI=1S/C17H13BrO/c18-12-11-17(19)15-7-3-1-5-13(15)9-10-14-6-2-4-8-16(14)17/h1-8,19H,9-10H2. The Morgan fingerprint density at radius 2 is 1.37 bits per heavy atom. The largest absolute Gasteiger partial charge is 0.369 e. The molecule has 0 heterocycles. The van der Waals surface area contributed by atoms with Gasteiger partial charge in [0.1, 0.15) is 0 Å². The molecule has 2 aromatic carbocycles. The average Bonchev–Trinajstić information content (AvgIpc) is 2.57. The lowest BCUT2D eigenvalue weighted by Crippen LogP contribution is -2.26. The summed E-state index contributed by atoms with van der Waals surface area (Å²) in [7, 11) is 0. The minimum absolute atomic E-state index is 0.895. The van der Waals surface area contributed by atoms with E-state index in [2.05, 4.69) is 38.8 Å². The number of aliphatic hydroxyl groups is 1.